The van der Waals surface area contributed by atoms with Crippen LogP contribution in [0.2, 0.25) is 0 Å². The second-order valence-corrected chi connectivity index (χ2v) is 7.46. The number of ether oxygens (including phenoxy) is 1. The number of thioether (sulfide) groups is 1. The Morgan fingerprint density at radius 1 is 1.13 bits per heavy atom. The lowest BCUT2D eigenvalue weighted by Crippen LogP contribution is -2.11. The van der Waals surface area contributed by atoms with E-state index in [0.29, 0.717) is 23.6 Å². The molecule has 0 aliphatic carbocycles. The molecule has 4 rings (SSSR count). The molecule has 2 N–H and O–H groups in total. The van der Waals surface area contributed by atoms with Gasteiger partial charge in [0.25, 0.3) is 5.91 Å². The van der Waals surface area contributed by atoms with Crippen LogP contribution >= 0.6 is 11.8 Å². The first-order valence-electron chi connectivity index (χ1n) is 9.25. The topological polar surface area (TPSA) is 97.7 Å². The first kappa shape index (κ1) is 19.7. The minimum absolute atomic E-state index is 0.161. The molecule has 0 aliphatic rings. The van der Waals surface area contributed by atoms with Gasteiger partial charge in [-0.2, -0.15) is 5.10 Å². The molecule has 0 radical (unpaired) electrons. The number of nitrogens with one attached hydrogen (secondary N) is 2. The Kier molecular flexibility index (Phi) is 6.09. The summed E-state index contributed by atoms with van der Waals surface area (Å²) in [4.78, 5) is 20.8. The highest BCUT2D eigenvalue weighted by atomic mass is 32.2. The first-order valence-corrected chi connectivity index (χ1v) is 10.2. The van der Waals surface area contributed by atoms with Crippen molar-refractivity contribution in [2.45, 2.75) is 17.5 Å². The van der Waals surface area contributed by atoms with E-state index in [2.05, 4.69) is 25.5 Å². The van der Waals surface area contributed by atoms with Crippen LogP contribution in [0.15, 0.2) is 72.4 Å². The Morgan fingerprint density at radius 2 is 1.93 bits per heavy atom. The minimum Gasteiger partial charge on any atom is -0.486 e. The van der Waals surface area contributed by atoms with Crippen molar-refractivity contribution in [2.24, 2.45) is 7.05 Å². The number of aromatic amines is 1. The highest BCUT2D eigenvalue weighted by Gasteiger charge is 2.07. The number of amides is 1. The number of aromatic nitrogens is 5. The van der Waals surface area contributed by atoms with Gasteiger partial charge in [-0.1, -0.05) is 23.9 Å². The summed E-state index contributed by atoms with van der Waals surface area (Å²) in [5.74, 6) is 2.14. The van der Waals surface area contributed by atoms with Gasteiger partial charge in [0, 0.05) is 36.4 Å². The maximum atomic E-state index is 12.5. The van der Waals surface area contributed by atoms with Gasteiger partial charge in [-0.3, -0.25) is 9.89 Å². The molecule has 2 heterocycles. The van der Waals surface area contributed by atoms with Crippen molar-refractivity contribution in [1.29, 1.82) is 0 Å². The Labute approximate surface area is 177 Å². The molecule has 0 atom stereocenters. The predicted molar refractivity (Wildman–Crippen MR) is 114 cm³/mol. The van der Waals surface area contributed by atoms with Gasteiger partial charge in [0.15, 0.2) is 5.16 Å². The van der Waals surface area contributed by atoms with Crippen molar-refractivity contribution in [3.05, 3.63) is 84.2 Å². The van der Waals surface area contributed by atoms with E-state index < -0.39 is 0 Å². The van der Waals surface area contributed by atoms with E-state index in [9.17, 15) is 4.79 Å². The number of aryl methyl sites for hydroxylation is 1. The zero-order valence-electron chi connectivity index (χ0n) is 16.3. The molecule has 30 heavy (non-hydrogen) atoms. The van der Waals surface area contributed by atoms with Crippen LogP contribution < -0.4 is 10.1 Å². The Hall–Kier alpha value is -3.59. The second-order valence-electron chi connectivity index (χ2n) is 6.50. The molecule has 2 aromatic heterocycles. The lowest BCUT2D eigenvalue weighted by Gasteiger charge is -2.09. The van der Waals surface area contributed by atoms with Crippen molar-refractivity contribution in [3.63, 3.8) is 0 Å². The Morgan fingerprint density at radius 3 is 2.60 bits per heavy atom. The molecule has 0 aliphatic heterocycles. The van der Waals surface area contributed by atoms with E-state index >= 15 is 0 Å². The maximum Gasteiger partial charge on any atom is 0.255 e. The van der Waals surface area contributed by atoms with Crippen molar-refractivity contribution in [1.82, 2.24) is 24.7 Å². The summed E-state index contributed by atoms with van der Waals surface area (Å²) < 4.78 is 7.64. The van der Waals surface area contributed by atoms with Crippen LogP contribution in [0.4, 0.5) is 5.69 Å². The fourth-order valence-electron chi connectivity index (χ4n) is 2.69. The second kappa shape index (κ2) is 9.27. The fraction of sp³-hybridized carbons (Fsp3) is 0.143. The van der Waals surface area contributed by atoms with Gasteiger partial charge >= 0.3 is 0 Å². The largest absolute Gasteiger partial charge is 0.486 e. The molecule has 9 heteroatoms. The van der Waals surface area contributed by atoms with E-state index in [4.69, 9.17) is 4.74 Å². The number of rotatable bonds is 8. The SMILES string of the molecule is Cn1ccnc1COc1ccc(NC(=O)c2ccc(CSc3ncn[nH]3)cc2)cc1. The predicted octanol–water partition coefficient (Wildman–Crippen LogP) is 3.66. The number of hydrogen-bond acceptors (Lipinski definition) is 6. The third-order valence-electron chi connectivity index (χ3n) is 4.39. The van der Waals surface area contributed by atoms with Crippen molar-refractivity contribution < 1.29 is 9.53 Å². The average Bonchev–Trinajstić information content (AvgIpc) is 3.44. The summed E-state index contributed by atoms with van der Waals surface area (Å²) in [7, 11) is 1.92. The number of carbonyl (C=O) groups excluding carboxylic acids is 1. The van der Waals surface area contributed by atoms with Crippen LogP contribution in [-0.4, -0.2) is 30.6 Å². The molecule has 0 fully saturated rings. The minimum atomic E-state index is -0.161. The van der Waals surface area contributed by atoms with Crippen LogP contribution in [-0.2, 0) is 19.4 Å². The molecular weight excluding hydrogens is 400 g/mol. The molecule has 152 valence electrons. The summed E-state index contributed by atoms with van der Waals surface area (Å²) in [6.07, 6.45) is 5.09. The van der Waals surface area contributed by atoms with E-state index in [0.717, 1.165) is 22.3 Å². The molecule has 0 unspecified atom stereocenters. The van der Waals surface area contributed by atoms with Gasteiger partial charge < -0.3 is 14.6 Å². The van der Waals surface area contributed by atoms with Crippen LogP contribution in [0.3, 0.4) is 0 Å². The molecule has 8 nitrogen and oxygen atoms in total. The van der Waals surface area contributed by atoms with Gasteiger partial charge in [-0.05, 0) is 42.0 Å². The van der Waals surface area contributed by atoms with E-state index in [1.54, 1.807) is 18.0 Å². The number of hydrogen-bond donors (Lipinski definition) is 2. The van der Waals surface area contributed by atoms with E-state index in [-0.39, 0.29) is 5.91 Å². The van der Waals surface area contributed by atoms with Crippen LogP contribution in [0.5, 0.6) is 5.75 Å². The fourth-order valence-corrected chi connectivity index (χ4v) is 3.42. The quantitative estimate of drug-likeness (QED) is 0.422. The first-order chi connectivity index (χ1) is 14.7. The number of benzene rings is 2. The van der Waals surface area contributed by atoms with E-state index in [1.807, 2.05) is 66.3 Å². The number of carbonyl (C=O) groups is 1. The standard InChI is InChI=1S/C21H20N6O2S/c1-27-11-10-22-19(27)12-29-18-8-6-17(7-9-18)25-20(28)16-4-2-15(3-5-16)13-30-21-23-14-24-26-21/h2-11,14H,12-13H2,1H3,(H,25,28)(H,23,24,26). The molecule has 4 aromatic rings. The third kappa shape index (κ3) is 5.06. The summed E-state index contributed by atoms with van der Waals surface area (Å²) in [5, 5.41) is 10.3. The number of nitrogens with zero attached hydrogens (tertiary/aromatic N) is 4. The molecule has 2 aromatic carbocycles. The molecule has 1 amide bonds. The highest BCUT2D eigenvalue weighted by molar-refractivity contribution is 7.98. The zero-order chi connectivity index (χ0) is 20.8. The van der Waals surface area contributed by atoms with Crippen molar-refractivity contribution in [2.75, 3.05) is 5.32 Å². The van der Waals surface area contributed by atoms with Crippen molar-refractivity contribution >= 4 is 23.4 Å². The third-order valence-corrected chi connectivity index (χ3v) is 5.33. The zero-order valence-corrected chi connectivity index (χ0v) is 17.1. The lowest BCUT2D eigenvalue weighted by molar-refractivity contribution is 0.102. The van der Waals surface area contributed by atoms with Crippen LogP contribution in [0, 0.1) is 0 Å². The molecule has 0 bridgehead atoms. The van der Waals surface area contributed by atoms with Gasteiger partial charge in [0.2, 0.25) is 0 Å². The summed E-state index contributed by atoms with van der Waals surface area (Å²) in [5.41, 5.74) is 2.40. The molecular formula is C21H20N6O2S. The molecule has 0 saturated heterocycles. The van der Waals surface area contributed by atoms with Gasteiger partial charge in [0.1, 0.15) is 24.5 Å². The highest BCUT2D eigenvalue weighted by Crippen LogP contribution is 2.20. The number of anilines is 1. The van der Waals surface area contributed by atoms with Crippen LogP contribution in [0.1, 0.15) is 21.7 Å². The Balaban J connectivity index is 1.29. The van der Waals surface area contributed by atoms with Crippen LogP contribution in [0.25, 0.3) is 0 Å². The van der Waals surface area contributed by atoms with E-state index in [1.165, 1.54) is 6.33 Å². The number of imidazole rings is 1. The van der Waals surface area contributed by atoms with Gasteiger partial charge in [-0.15, -0.1) is 0 Å². The summed E-state index contributed by atoms with van der Waals surface area (Å²) >= 11 is 1.56. The summed E-state index contributed by atoms with van der Waals surface area (Å²) in [6, 6.07) is 14.8. The average molecular weight is 420 g/mol. The number of H-pyrrole nitrogens is 1. The van der Waals surface area contributed by atoms with Crippen molar-refractivity contribution in [3.8, 4) is 5.75 Å². The molecule has 0 spiro atoms. The Bertz CT molecular complexity index is 1090. The van der Waals surface area contributed by atoms with Gasteiger partial charge in [0.05, 0.1) is 0 Å². The smallest absolute Gasteiger partial charge is 0.255 e. The summed E-state index contributed by atoms with van der Waals surface area (Å²) in [6.45, 7) is 0.385. The maximum absolute atomic E-state index is 12.5. The monoisotopic (exact) mass is 420 g/mol. The molecule has 0 saturated carbocycles. The van der Waals surface area contributed by atoms with Gasteiger partial charge in [-0.25, -0.2) is 9.97 Å². The normalized spacial score (nSPS) is 10.7. The lowest BCUT2D eigenvalue weighted by atomic mass is 10.1.